The topological polar surface area (TPSA) is 26.3 Å². The smallest absolute Gasteiger partial charge is 0.308 e. The molecule has 0 bridgehead atoms. The van der Waals surface area contributed by atoms with Crippen LogP contribution in [0.5, 0.6) is 0 Å². The van der Waals surface area contributed by atoms with Crippen molar-refractivity contribution >= 4 is 33.2 Å². The van der Waals surface area contributed by atoms with E-state index in [0.29, 0.717) is 11.8 Å². The van der Waals surface area contributed by atoms with Gasteiger partial charge in [0.15, 0.2) is 0 Å². The van der Waals surface area contributed by atoms with Crippen LogP contribution in [0.25, 0.3) is 0 Å². The molecule has 3 atom stereocenters. The number of halogens is 1. The molecular weight excluding hydrogens is 300 g/mol. The van der Waals surface area contributed by atoms with Crippen molar-refractivity contribution in [2.45, 2.75) is 32.1 Å². The molecule has 1 fully saturated rings. The second kappa shape index (κ2) is 5.53. The van der Waals surface area contributed by atoms with Crippen LogP contribution in [0.4, 0.5) is 0 Å². The van der Waals surface area contributed by atoms with E-state index in [0.717, 1.165) is 19.3 Å². The van der Waals surface area contributed by atoms with Crippen molar-refractivity contribution in [3.63, 3.8) is 0 Å². The Morgan fingerprint density at radius 2 is 2.41 bits per heavy atom. The average Bonchev–Trinajstić information content (AvgIpc) is 2.98. The van der Waals surface area contributed by atoms with Gasteiger partial charge in [0.25, 0.3) is 0 Å². The third kappa shape index (κ3) is 3.10. The lowest BCUT2D eigenvalue weighted by molar-refractivity contribution is -0.142. The maximum Gasteiger partial charge on any atom is 0.308 e. The number of carbonyl (C=O) groups excluding carboxylic acids is 1. The normalized spacial score (nSPS) is 24.4. The molecule has 1 aromatic rings. The molecule has 1 aliphatic rings. The Labute approximate surface area is 114 Å². The molecule has 94 valence electrons. The van der Waals surface area contributed by atoms with Gasteiger partial charge < -0.3 is 4.74 Å². The number of rotatable bonds is 5. The predicted molar refractivity (Wildman–Crippen MR) is 73.3 cm³/mol. The lowest BCUT2D eigenvalue weighted by atomic mass is 9.97. The summed E-state index contributed by atoms with van der Waals surface area (Å²) in [6.07, 6.45) is 3.26. The predicted octanol–water partition coefficient (Wildman–Crippen LogP) is 4.20. The van der Waals surface area contributed by atoms with Gasteiger partial charge in [-0.2, -0.15) is 0 Å². The molecule has 0 saturated heterocycles. The highest BCUT2D eigenvalue weighted by molar-refractivity contribution is 9.11. The summed E-state index contributed by atoms with van der Waals surface area (Å²) in [7, 11) is 1.48. The van der Waals surface area contributed by atoms with Crippen LogP contribution in [-0.4, -0.2) is 13.1 Å². The van der Waals surface area contributed by atoms with E-state index in [9.17, 15) is 4.79 Å². The molecule has 1 saturated carbocycles. The number of thiophene rings is 1. The second-order valence-corrected chi connectivity index (χ2v) is 7.10. The van der Waals surface area contributed by atoms with Gasteiger partial charge in [-0.1, -0.05) is 6.92 Å². The lowest BCUT2D eigenvalue weighted by Crippen LogP contribution is -2.06. The van der Waals surface area contributed by atoms with E-state index in [-0.39, 0.29) is 11.9 Å². The molecule has 3 unspecified atom stereocenters. The van der Waals surface area contributed by atoms with Gasteiger partial charge in [0, 0.05) is 4.88 Å². The monoisotopic (exact) mass is 316 g/mol. The Morgan fingerprint density at radius 1 is 1.65 bits per heavy atom. The van der Waals surface area contributed by atoms with E-state index >= 15 is 0 Å². The van der Waals surface area contributed by atoms with Crippen LogP contribution >= 0.6 is 27.3 Å². The first-order valence-corrected chi connectivity index (χ1v) is 7.59. The lowest BCUT2D eigenvalue weighted by Gasteiger charge is -2.12. The van der Waals surface area contributed by atoms with Crippen LogP contribution in [-0.2, 0) is 9.53 Å². The molecule has 0 N–H and O–H groups in total. The first-order chi connectivity index (χ1) is 8.15. The Bertz CT molecular complexity index is 402. The summed E-state index contributed by atoms with van der Waals surface area (Å²) in [6, 6.07) is 4.30. The van der Waals surface area contributed by atoms with Crippen molar-refractivity contribution in [1.29, 1.82) is 0 Å². The zero-order chi connectivity index (χ0) is 12.4. The molecule has 0 spiro atoms. The average molecular weight is 317 g/mol. The molecule has 4 heteroatoms. The summed E-state index contributed by atoms with van der Waals surface area (Å²) in [5.41, 5.74) is 0. The van der Waals surface area contributed by atoms with E-state index in [4.69, 9.17) is 4.74 Å². The van der Waals surface area contributed by atoms with Gasteiger partial charge in [-0.25, -0.2) is 0 Å². The Morgan fingerprint density at radius 3 is 2.94 bits per heavy atom. The Hall–Kier alpha value is -0.350. The summed E-state index contributed by atoms with van der Waals surface area (Å²) in [5, 5.41) is 0. The number of hydrogen-bond acceptors (Lipinski definition) is 3. The minimum atomic E-state index is -0.0304. The van der Waals surface area contributed by atoms with E-state index in [1.807, 2.05) is 0 Å². The minimum absolute atomic E-state index is 0.0304. The van der Waals surface area contributed by atoms with Crippen molar-refractivity contribution < 1.29 is 9.53 Å². The summed E-state index contributed by atoms with van der Waals surface area (Å²) >= 11 is 5.31. The van der Waals surface area contributed by atoms with Gasteiger partial charge in [-0.3, -0.25) is 4.79 Å². The minimum Gasteiger partial charge on any atom is -0.469 e. The molecule has 0 radical (unpaired) electrons. The van der Waals surface area contributed by atoms with Crippen molar-refractivity contribution in [2.75, 3.05) is 7.11 Å². The van der Waals surface area contributed by atoms with Crippen molar-refractivity contribution in [2.24, 2.45) is 11.8 Å². The van der Waals surface area contributed by atoms with E-state index in [1.165, 1.54) is 15.8 Å². The number of hydrogen-bond donors (Lipinski definition) is 0. The summed E-state index contributed by atoms with van der Waals surface area (Å²) < 4.78 is 5.97. The van der Waals surface area contributed by atoms with Gasteiger partial charge in [0.2, 0.25) is 0 Å². The van der Waals surface area contributed by atoms with Gasteiger partial charge in [-0.15, -0.1) is 11.3 Å². The molecule has 2 rings (SSSR count). The van der Waals surface area contributed by atoms with E-state index in [2.05, 4.69) is 35.0 Å². The third-order valence-corrected chi connectivity index (χ3v) is 5.29. The highest BCUT2D eigenvalue weighted by atomic mass is 79.9. The molecule has 1 heterocycles. The molecule has 2 nitrogen and oxygen atoms in total. The van der Waals surface area contributed by atoms with Crippen LogP contribution in [0.1, 0.15) is 37.0 Å². The summed E-state index contributed by atoms with van der Waals surface area (Å²) in [5.74, 6) is 1.26. The standard InChI is InChI=1S/C13H17BrO2S/c1-3-8(11-4-5-12(14)17-11)6-9-7-10(9)13(15)16-2/h4-5,8-10H,3,6-7H2,1-2H3. The number of methoxy groups -OCH3 is 1. The first-order valence-electron chi connectivity index (χ1n) is 5.98. The van der Waals surface area contributed by atoms with Crippen LogP contribution in [0, 0.1) is 11.8 Å². The summed E-state index contributed by atoms with van der Waals surface area (Å²) in [6.45, 7) is 2.22. The van der Waals surface area contributed by atoms with Gasteiger partial charge >= 0.3 is 5.97 Å². The number of ether oxygens (including phenoxy) is 1. The molecule has 1 aromatic heterocycles. The third-order valence-electron chi connectivity index (χ3n) is 3.50. The second-order valence-electron chi connectivity index (χ2n) is 4.61. The van der Waals surface area contributed by atoms with E-state index < -0.39 is 0 Å². The quantitative estimate of drug-likeness (QED) is 0.761. The highest BCUT2D eigenvalue weighted by Crippen LogP contribution is 2.47. The molecule has 0 aliphatic heterocycles. The maximum absolute atomic E-state index is 11.4. The van der Waals surface area contributed by atoms with Crippen molar-refractivity contribution in [1.82, 2.24) is 0 Å². The highest BCUT2D eigenvalue weighted by Gasteiger charge is 2.44. The zero-order valence-corrected chi connectivity index (χ0v) is 12.5. The van der Waals surface area contributed by atoms with Crippen LogP contribution in [0.2, 0.25) is 0 Å². The van der Waals surface area contributed by atoms with Crippen LogP contribution < -0.4 is 0 Å². The number of carbonyl (C=O) groups is 1. The molecule has 0 amide bonds. The van der Waals surface area contributed by atoms with Crippen LogP contribution in [0.3, 0.4) is 0 Å². The van der Waals surface area contributed by atoms with Gasteiger partial charge in [0.05, 0.1) is 16.8 Å². The molecule has 1 aliphatic carbocycles. The Balaban J connectivity index is 1.92. The van der Waals surface area contributed by atoms with Gasteiger partial charge in [-0.05, 0) is 59.2 Å². The van der Waals surface area contributed by atoms with Gasteiger partial charge in [0.1, 0.15) is 0 Å². The largest absolute Gasteiger partial charge is 0.469 e. The SMILES string of the molecule is CCC(CC1CC1C(=O)OC)c1ccc(Br)s1. The zero-order valence-electron chi connectivity index (χ0n) is 10.1. The summed E-state index contributed by atoms with van der Waals surface area (Å²) in [4.78, 5) is 12.8. The molecular formula is C13H17BrO2S. The Kier molecular flexibility index (Phi) is 4.26. The first kappa shape index (κ1) is 13.1. The van der Waals surface area contributed by atoms with E-state index in [1.54, 1.807) is 11.3 Å². The fraction of sp³-hybridized carbons (Fsp3) is 0.615. The molecule has 0 aromatic carbocycles. The van der Waals surface area contributed by atoms with Crippen molar-refractivity contribution in [3.8, 4) is 0 Å². The van der Waals surface area contributed by atoms with Crippen molar-refractivity contribution in [3.05, 3.63) is 20.8 Å². The fourth-order valence-electron chi connectivity index (χ4n) is 2.35. The fourth-order valence-corrected chi connectivity index (χ4v) is 3.97. The van der Waals surface area contributed by atoms with Crippen LogP contribution in [0.15, 0.2) is 15.9 Å². The maximum atomic E-state index is 11.4. The molecule has 17 heavy (non-hydrogen) atoms. The number of esters is 1.